The lowest BCUT2D eigenvalue weighted by atomic mass is 10.0. The molecule has 2 heterocycles. The highest BCUT2D eigenvalue weighted by Crippen LogP contribution is 2.27. The van der Waals surface area contributed by atoms with Gasteiger partial charge in [0, 0.05) is 25.2 Å². The molecule has 28 heavy (non-hydrogen) atoms. The van der Waals surface area contributed by atoms with Gasteiger partial charge in [0.15, 0.2) is 0 Å². The zero-order chi connectivity index (χ0) is 19.5. The summed E-state index contributed by atoms with van der Waals surface area (Å²) in [5.41, 5.74) is 3.09. The largest absolute Gasteiger partial charge is 0.497 e. The third kappa shape index (κ3) is 3.96. The van der Waals surface area contributed by atoms with Gasteiger partial charge in [0.1, 0.15) is 11.8 Å². The summed E-state index contributed by atoms with van der Waals surface area (Å²) in [5, 5.41) is 6.37. The Bertz CT molecular complexity index is 866. The fourth-order valence-electron chi connectivity index (χ4n) is 3.89. The van der Waals surface area contributed by atoms with E-state index in [0.717, 1.165) is 42.0 Å². The first-order chi connectivity index (χ1) is 13.6. The number of methoxy groups -OCH3 is 1. The second-order valence-electron chi connectivity index (χ2n) is 7.38. The number of nitrogens with one attached hydrogen (secondary N) is 2. The van der Waals surface area contributed by atoms with Gasteiger partial charge in [0.2, 0.25) is 11.8 Å². The average molecular weight is 379 g/mol. The van der Waals surface area contributed by atoms with Crippen molar-refractivity contribution in [3.05, 3.63) is 59.7 Å². The van der Waals surface area contributed by atoms with Crippen LogP contribution in [0.4, 0.5) is 5.69 Å². The van der Waals surface area contributed by atoms with Crippen molar-refractivity contribution in [1.82, 2.24) is 10.2 Å². The van der Waals surface area contributed by atoms with Crippen LogP contribution in [-0.4, -0.2) is 36.4 Å². The fourth-order valence-corrected chi connectivity index (χ4v) is 3.89. The van der Waals surface area contributed by atoms with Crippen LogP contribution in [0.1, 0.15) is 36.4 Å². The van der Waals surface area contributed by atoms with Crippen LogP contribution in [-0.2, 0) is 16.1 Å². The van der Waals surface area contributed by atoms with Crippen molar-refractivity contribution >= 4 is 17.5 Å². The molecule has 2 aromatic rings. The predicted octanol–water partition coefficient (Wildman–Crippen LogP) is 2.86. The minimum atomic E-state index is -0.216. The first-order valence-corrected chi connectivity index (χ1v) is 9.70. The van der Waals surface area contributed by atoms with Crippen LogP contribution in [0.15, 0.2) is 48.5 Å². The molecule has 2 N–H and O–H groups in total. The minimum absolute atomic E-state index is 0.0695. The molecule has 2 unspecified atom stereocenters. The van der Waals surface area contributed by atoms with E-state index in [0.29, 0.717) is 13.0 Å². The molecule has 2 atom stereocenters. The van der Waals surface area contributed by atoms with Gasteiger partial charge in [0.05, 0.1) is 13.2 Å². The van der Waals surface area contributed by atoms with Gasteiger partial charge in [-0.15, -0.1) is 0 Å². The van der Waals surface area contributed by atoms with Gasteiger partial charge in [-0.1, -0.05) is 24.3 Å². The molecule has 2 aliphatic rings. The molecule has 2 amide bonds. The Balaban J connectivity index is 1.38. The molecule has 0 saturated carbocycles. The number of ether oxygens (including phenoxy) is 1. The molecular formula is C22H25N3O3. The van der Waals surface area contributed by atoms with Crippen molar-refractivity contribution in [3.63, 3.8) is 0 Å². The Morgan fingerprint density at radius 1 is 1.14 bits per heavy atom. The Kier molecular flexibility index (Phi) is 5.19. The molecule has 0 aromatic heterocycles. The summed E-state index contributed by atoms with van der Waals surface area (Å²) >= 11 is 0. The van der Waals surface area contributed by atoms with Crippen LogP contribution in [0.5, 0.6) is 5.75 Å². The highest BCUT2D eigenvalue weighted by atomic mass is 16.5. The quantitative estimate of drug-likeness (QED) is 0.810. The topological polar surface area (TPSA) is 70.7 Å². The number of carbonyl (C=O) groups is 2. The summed E-state index contributed by atoms with van der Waals surface area (Å²) < 4.78 is 5.18. The molecule has 146 valence electrons. The molecule has 4 rings (SSSR count). The van der Waals surface area contributed by atoms with E-state index in [1.807, 2.05) is 53.4 Å². The van der Waals surface area contributed by atoms with Crippen LogP contribution >= 0.6 is 0 Å². The lowest BCUT2D eigenvalue weighted by molar-refractivity contribution is -0.128. The van der Waals surface area contributed by atoms with Crippen molar-refractivity contribution in [2.24, 2.45) is 0 Å². The number of likely N-dealkylation sites (tertiary alicyclic amines) is 1. The van der Waals surface area contributed by atoms with E-state index in [4.69, 9.17) is 4.74 Å². The SMILES string of the molecule is COc1ccc(CN2CCC(Nc3cccc(C4CCC(=O)N4)c3)C2=O)cc1. The van der Waals surface area contributed by atoms with E-state index in [-0.39, 0.29) is 23.9 Å². The highest BCUT2D eigenvalue weighted by Gasteiger charge is 2.31. The maximum Gasteiger partial charge on any atom is 0.245 e. The first-order valence-electron chi connectivity index (χ1n) is 9.70. The third-order valence-electron chi connectivity index (χ3n) is 5.46. The summed E-state index contributed by atoms with van der Waals surface area (Å²) in [7, 11) is 1.64. The number of hydrogen-bond acceptors (Lipinski definition) is 4. The van der Waals surface area contributed by atoms with Gasteiger partial charge in [-0.05, 0) is 48.2 Å². The molecule has 2 saturated heterocycles. The number of anilines is 1. The summed E-state index contributed by atoms with van der Waals surface area (Å²) in [6, 6.07) is 15.7. The normalized spacial score (nSPS) is 21.7. The van der Waals surface area contributed by atoms with Crippen LogP contribution in [0.3, 0.4) is 0 Å². The van der Waals surface area contributed by atoms with Gasteiger partial charge in [-0.2, -0.15) is 0 Å². The zero-order valence-electron chi connectivity index (χ0n) is 16.0. The van der Waals surface area contributed by atoms with E-state index < -0.39 is 0 Å². The molecule has 0 bridgehead atoms. The second-order valence-corrected chi connectivity index (χ2v) is 7.38. The molecule has 2 fully saturated rings. The summed E-state index contributed by atoms with van der Waals surface area (Å²) in [4.78, 5) is 26.2. The average Bonchev–Trinajstić information content (AvgIpc) is 3.30. The first kappa shape index (κ1) is 18.3. The second kappa shape index (κ2) is 7.92. The number of amides is 2. The number of benzene rings is 2. The van der Waals surface area contributed by atoms with Gasteiger partial charge >= 0.3 is 0 Å². The lowest BCUT2D eigenvalue weighted by Crippen LogP contribution is -2.33. The monoisotopic (exact) mass is 379 g/mol. The highest BCUT2D eigenvalue weighted by molar-refractivity contribution is 5.86. The molecule has 0 spiro atoms. The maximum absolute atomic E-state index is 12.8. The van der Waals surface area contributed by atoms with Crippen molar-refractivity contribution in [2.75, 3.05) is 19.0 Å². The van der Waals surface area contributed by atoms with Crippen molar-refractivity contribution in [3.8, 4) is 5.75 Å². The van der Waals surface area contributed by atoms with E-state index >= 15 is 0 Å². The lowest BCUT2D eigenvalue weighted by Gasteiger charge is -2.19. The smallest absolute Gasteiger partial charge is 0.245 e. The Hall–Kier alpha value is -3.02. The Morgan fingerprint density at radius 2 is 1.96 bits per heavy atom. The van der Waals surface area contributed by atoms with Gasteiger partial charge in [0.25, 0.3) is 0 Å². The fraction of sp³-hybridized carbons (Fsp3) is 0.364. The van der Waals surface area contributed by atoms with Gasteiger partial charge in [-0.3, -0.25) is 9.59 Å². The van der Waals surface area contributed by atoms with Crippen LogP contribution in [0.25, 0.3) is 0 Å². The van der Waals surface area contributed by atoms with E-state index in [9.17, 15) is 9.59 Å². The number of hydrogen-bond donors (Lipinski definition) is 2. The Labute approximate surface area is 164 Å². The van der Waals surface area contributed by atoms with Gasteiger partial charge in [-0.25, -0.2) is 0 Å². The van der Waals surface area contributed by atoms with Crippen LogP contribution in [0, 0.1) is 0 Å². The van der Waals surface area contributed by atoms with Crippen molar-refractivity contribution in [2.45, 2.75) is 37.9 Å². The van der Waals surface area contributed by atoms with Crippen molar-refractivity contribution < 1.29 is 14.3 Å². The predicted molar refractivity (Wildman–Crippen MR) is 107 cm³/mol. The van der Waals surface area contributed by atoms with E-state index in [2.05, 4.69) is 10.6 Å². The standard InChI is InChI=1S/C22H25N3O3/c1-28-18-7-5-15(6-8-18)14-25-12-11-20(22(25)27)23-17-4-2-3-16(13-17)19-9-10-21(26)24-19/h2-8,13,19-20,23H,9-12,14H2,1H3,(H,24,26). The van der Waals surface area contributed by atoms with Crippen molar-refractivity contribution in [1.29, 1.82) is 0 Å². The summed E-state index contributed by atoms with van der Waals surface area (Å²) in [6.45, 7) is 1.34. The van der Waals surface area contributed by atoms with Gasteiger partial charge < -0.3 is 20.3 Å². The maximum atomic E-state index is 12.8. The molecule has 0 radical (unpaired) electrons. The summed E-state index contributed by atoms with van der Waals surface area (Å²) in [6.07, 6.45) is 2.17. The Morgan fingerprint density at radius 3 is 2.68 bits per heavy atom. The molecule has 6 heteroatoms. The zero-order valence-corrected chi connectivity index (χ0v) is 16.0. The molecule has 0 aliphatic carbocycles. The molecule has 2 aliphatic heterocycles. The molecule has 2 aromatic carbocycles. The summed E-state index contributed by atoms with van der Waals surface area (Å²) in [5.74, 6) is 1.04. The van der Waals surface area contributed by atoms with E-state index in [1.165, 1.54) is 0 Å². The van der Waals surface area contributed by atoms with Crippen LogP contribution in [0.2, 0.25) is 0 Å². The number of rotatable bonds is 6. The van der Waals surface area contributed by atoms with E-state index in [1.54, 1.807) is 7.11 Å². The number of carbonyl (C=O) groups excluding carboxylic acids is 2. The molecular weight excluding hydrogens is 354 g/mol. The third-order valence-corrected chi connectivity index (χ3v) is 5.46. The number of nitrogens with zero attached hydrogens (tertiary/aromatic N) is 1. The minimum Gasteiger partial charge on any atom is -0.497 e. The molecule has 6 nitrogen and oxygen atoms in total. The van der Waals surface area contributed by atoms with Crippen LogP contribution < -0.4 is 15.4 Å².